The summed E-state index contributed by atoms with van der Waals surface area (Å²) in [4.78, 5) is 13.9. The van der Waals surface area contributed by atoms with Crippen LogP contribution in [0.3, 0.4) is 0 Å². The SMILES string of the molecule is CCC(=O)N1CCc2cn(CC)c3cccc(c23)C1. The van der Waals surface area contributed by atoms with Crippen LogP contribution in [0.15, 0.2) is 24.4 Å². The molecule has 1 amide bonds. The lowest BCUT2D eigenvalue weighted by molar-refractivity contribution is -0.131. The Kier molecular flexibility index (Phi) is 3.05. The fourth-order valence-electron chi connectivity index (χ4n) is 3.08. The van der Waals surface area contributed by atoms with E-state index in [1.54, 1.807) is 0 Å². The third-order valence-electron chi connectivity index (χ3n) is 4.08. The second kappa shape index (κ2) is 4.72. The Morgan fingerprint density at radius 2 is 2.11 bits per heavy atom. The van der Waals surface area contributed by atoms with Gasteiger partial charge in [-0.05, 0) is 30.5 Å². The van der Waals surface area contributed by atoms with Gasteiger partial charge in [-0.15, -0.1) is 0 Å². The van der Waals surface area contributed by atoms with E-state index in [2.05, 4.69) is 35.9 Å². The molecule has 1 aromatic carbocycles. The van der Waals surface area contributed by atoms with E-state index in [0.29, 0.717) is 6.42 Å². The van der Waals surface area contributed by atoms with Crippen LogP contribution in [0.4, 0.5) is 0 Å². The summed E-state index contributed by atoms with van der Waals surface area (Å²) < 4.78 is 2.31. The summed E-state index contributed by atoms with van der Waals surface area (Å²) in [6.07, 6.45) is 3.81. The quantitative estimate of drug-likeness (QED) is 0.811. The zero-order chi connectivity index (χ0) is 13.4. The van der Waals surface area contributed by atoms with Crippen molar-refractivity contribution in [1.29, 1.82) is 0 Å². The second-order valence-electron chi connectivity index (χ2n) is 5.17. The molecule has 0 atom stereocenters. The van der Waals surface area contributed by atoms with Gasteiger partial charge in [-0.2, -0.15) is 0 Å². The van der Waals surface area contributed by atoms with Crippen molar-refractivity contribution in [2.45, 2.75) is 39.8 Å². The molecule has 1 aliphatic heterocycles. The summed E-state index contributed by atoms with van der Waals surface area (Å²) in [5.74, 6) is 0.255. The smallest absolute Gasteiger partial charge is 0.222 e. The minimum atomic E-state index is 0.255. The van der Waals surface area contributed by atoms with Gasteiger partial charge in [-0.25, -0.2) is 0 Å². The van der Waals surface area contributed by atoms with E-state index in [1.165, 1.54) is 22.0 Å². The first-order valence-electron chi connectivity index (χ1n) is 7.12. The summed E-state index contributed by atoms with van der Waals surface area (Å²) >= 11 is 0. The molecule has 0 radical (unpaired) electrons. The first kappa shape index (κ1) is 12.3. The number of carbonyl (C=O) groups excluding carboxylic acids is 1. The number of aromatic nitrogens is 1. The van der Waals surface area contributed by atoms with Crippen LogP contribution < -0.4 is 0 Å². The molecule has 1 aliphatic rings. The Labute approximate surface area is 113 Å². The molecule has 100 valence electrons. The van der Waals surface area contributed by atoms with Crippen molar-refractivity contribution >= 4 is 16.8 Å². The molecule has 3 rings (SSSR count). The molecule has 0 spiro atoms. The maximum atomic E-state index is 12.0. The molecule has 0 fully saturated rings. The predicted octanol–water partition coefficient (Wildman–Crippen LogP) is 2.96. The zero-order valence-corrected chi connectivity index (χ0v) is 11.6. The molecule has 3 nitrogen and oxygen atoms in total. The fraction of sp³-hybridized carbons (Fsp3) is 0.438. The third-order valence-corrected chi connectivity index (χ3v) is 4.08. The zero-order valence-electron chi connectivity index (χ0n) is 11.6. The van der Waals surface area contributed by atoms with E-state index in [1.807, 2.05) is 11.8 Å². The van der Waals surface area contributed by atoms with Crippen LogP contribution in [0.5, 0.6) is 0 Å². The topological polar surface area (TPSA) is 25.2 Å². The standard InChI is InChI=1S/C16H20N2O/c1-3-15(19)18-9-8-13-10-17(4-2)14-7-5-6-12(11-18)16(13)14/h5-7,10H,3-4,8-9,11H2,1-2H3. The van der Waals surface area contributed by atoms with Gasteiger partial charge in [0.25, 0.3) is 0 Å². The lowest BCUT2D eigenvalue weighted by Crippen LogP contribution is -2.30. The van der Waals surface area contributed by atoms with Crippen LogP contribution >= 0.6 is 0 Å². The van der Waals surface area contributed by atoms with Crippen LogP contribution in [0.1, 0.15) is 31.4 Å². The van der Waals surface area contributed by atoms with Crippen molar-refractivity contribution < 1.29 is 4.79 Å². The highest BCUT2D eigenvalue weighted by molar-refractivity contribution is 5.88. The van der Waals surface area contributed by atoms with E-state index in [9.17, 15) is 4.79 Å². The van der Waals surface area contributed by atoms with Gasteiger partial charge < -0.3 is 9.47 Å². The highest BCUT2D eigenvalue weighted by atomic mass is 16.2. The molecule has 0 saturated carbocycles. The van der Waals surface area contributed by atoms with E-state index in [-0.39, 0.29) is 5.91 Å². The number of carbonyl (C=O) groups is 1. The van der Waals surface area contributed by atoms with Gasteiger partial charge >= 0.3 is 0 Å². The third kappa shape index (κ3) is 1.93. The van der Waals surface area contributed by atoms with Crippen LogP contribution in [0, 0.1) is 0 Å². The number of nitrogens with zero attached hydrogens (tertiary/aromatic N) is 2. The lowest BCUT2D eigenvalue weighted by Gasteiger charge is -2.20. The van der Waals surface area contributed by atoms with Gasteiger partial charge in [-0.3, -0.25) is 4.79 Å². The Bertz CT molecular complexity index is 627. The van der Waals surface area contributed by atoms with Crippen LogP contribution in [-0.4, -0.2) is 21.9 Å². The van der Waals surface area contributed by atoms with Crippen LogP contribution in [0.2, 0.25) is 0 Å². The number of rotatable bonds is 2. The first-order chi connectivity index (χ1) is 9.24. The average molecular weight is 256 g/mol. The predicted molar refractivity (Wildman–Crippen MR) is 77.0 cm³/mol. The molecule has 0 unspecified atom stereocenters. The van der Waals surface area contributed by atoms with E-state index < -0.39 is 0 Å². The minimum absolute atomic E-state index is 0.255. The average Bonchev–Trinajstić information content (AvgIpc) is 2.70. The van der Waals surface area contributed by atoms with Gasteiger partial charge in [0.2, 0.25) is 5.91 Å². The Morgan fingerprint density at radius 1 is 1.26 bits per heavy atom. The van der Waals surface area contributed by atoms with Gasteiger partial charge in [0, 0.05) is 43.2 Å². The summed E-state index contributed by atoms with van der Waals surface area (Å²) in [6, 6.07) is 6.45. The van der Waals surface area contributed by atoms with Gasteiger partial charge in [0.1, 0.15) is 0 Å². The van der Waals surface area contributed by atoms with Gasteiger partial charge in [0.15, 0.2) is 0 Å². The highest BCUT2D eigenvalue weighted by Crippen LogP contribution is 2.29. The van der Waals surface area contributed by atoms with Crippen LogP contribution in [-0.2, 0) is 24.3 Å². The van der Waals surface area contributed by atoms with Crippen LogP contribution in [0.25, 0.3) is 10.9 Å². The number of hydrogen-bond acceptors (Lipinski definition) is 1. The molecule has 1 aromatic heterocycles. The molecule has 3 heteroatoms. The largest absolute Gasteiger partial charge is 0.347 e. The Balaban J connectivity index is 2.11. The van der Waals surface area contributed by atoms with E-state index in [4.69, 9.17) is 0 Å². The highest BCUT2D eigenvalue weighted by Gasteiger charge is 2.20. The van der Waals surface area contributed by atoms with Gasteiger partial charge in [0.05, 0.1) is 0 Å². The lowest BCUT2D eigenvalue weighted by atomic mass is 10.1. The van der Waals surface area contributed by atoms with Crippen molar-refractivity contribution in [3.63, 3.8) is 0 Å². The molecule has 2 aromatic rings. The molecular weight excluding hydrogens is 236 g/mol. The molecule has 19 heavy (non-hydrogen) atoms. The maximum absolute atomic E-state index is 12.0. The van der Waals surface area contributed by atoms with E-state index >= 15 is 0 Å². The summed E-state index contributed by atoms with van der Waals surface area (Å²) in [5, 5.41) is 1.37. The number of aryl methyl sites for hydroxylation is 1. The Morgan fingerprint density at radius 3 is 2.84 bits per heavy atom. The number of amides is 1. The summed E-state index contributed by atoms with van der Waals surface area (Å²) in [5.41, 5.74) is 3.98. The fourth-order valence-corrected chi connectivity index (χ4v) is 3.08. The van der Waals surface area contributed by atoms with Crippen molar-refractivity contribution in [2.75, 3.05) is 6.54 Å². The Hall–Kier alpha value is -1.77. The maximum Gasteiger partial charge on any atom is 0.222 e. The van der Waals surface area contributed by atoms with Gasteiger partial charge in [-0.1, -0.05) is 19.1 Å². The first-order valence-corrected chi connectivity index (χ1v) is 7.12. The normalized spacial score (nSPS) is 14.7. The minimum Gasteiger partial charge on any atom is -0.347 e. The van der Waals surface area contributed by atoms with Crippen molar-refractivity contribution in [1.82, 2.24) is 9.47 Å². The molecular formula is C16H20N2O. The van der Waals surface area contributed by atoms with Crippen molar-refractivity contribution in [2.24, 2.45) is 0 Å². The molecule has 0 bridgehead atoms. The van der Waals surface area contributed by atoms with Crippen molar-refractivity contribution in [3.05, 3.63) is 35.5 Å². The van der Waals surface area contributed by atoms with Crippen molar-refractivity contribution in [3.8, 4) is 0 Å². The van der Waals surface area contributed by atoms with E-state index in [0.717, 1.165) is 26.1 Å². The molecule has 2 heterocycles. The molecule has 0 saturated heterocycles. The monoisotopic (exact) mass is 256 g/mol. The molecule has 0 N–H and O–H groups in total. The number of benzene rings is 1. The number of hydrogen-bond donors (Lipinski definition) is 0. The molecule has 0 aliphatic carbocycles. The summed E-state index contributed by atoms with van der Waals surface area (Å²) in [7, 11) is 0. The second-order valence-corrected chi connectivity index (χ2v) is 5.17. The summed E-state index contributed by atoms with van der Waals surface area (Å²) in [6.45, 7) is 6.70.